The maximum absolute atomic E-state index is 13.3. The highest BCUT2D eigenvalue weighted by molar-refractivity contribution is 4.91. The number of halogens is 2. The second-order valence-electron chi connectivity index (χ2n) is 4.07. The molecule has 1 saturated heterocycles. The zero-order chi connectivity index (χ0) is 10.1. The Morgan fingerprint density at radius 1 is 1.54 bits per heavy atom. The van der Waals surface area contributed by atoms with E-state index in [0.29, 0.717) is 13.1 Å². The van der Waals surface area contributed by atoms with Crippen molar-refractivity contribution in [3.63, 3.8) is 0 Å². The molecule has 1 aliphatic rings. The molecule has 0 spiro atoms. The molecule has 0 bridgehead atoms. The summed E-state index contributed by atoms with van der Waals surface area (Å²) in [5.41, 5.74) is 0. The van der Waals surface area contributed by atoms with Crippen molar-refractivity contribution in [3.8, 4) is 0 Å². The molecule has 1 N–H and O–H groups in total. The van der Waals surface area contributed by atoms with Crippen LogP contribution in [0.25, 0.3) is 0 Å². The maximum atomic E-state index is 13.3. The lowest BCUT2D eigenvalue weighted by molar-refractivity contribution is -0.0416. The van der Waals surface area contributed by atoms with Gasteiger partial charge in [-0.15, -0.1) is 0 Å². The molecule has 1 rings (SSSR count). The number of β-amino-alcohol motifs (C(OH)–C–C–N with tert-alkyl or cyclic N) is 1. The van der Waals surface area contributed by atoms with Crippen LogP contribution >= 0.6 is 0 Å². The second-order valence-corrected chi connectivity index (χ2v) is 4.07. The number of hydrogen-bond acceptors (Lipinski definition) is 2. The molecule has 1 aliphatic heterocycles. The number of aliphatic hydroxyl groups excluding tert-OH is 1. The summed E-state index contributed by atoms with van der Waals surface area (Å²) in [6.45, 7) is 4.17. The Bertz CT molecular complexity index is 173. The lowest BCUT2D eigenvalue weighted by Gasteiger charge is -2.20. The van der Waals surface area contributed by atoms with Crippen molar-refractivity contribution in [2.45, 2.75) is 19.8 Å². The van der Waals surface area contributed by atoms with Crippen LogP contribution in [0.2, 0.25) is 0 Å². The molecule has 0 saturated carbocycles. The van der Waals surface area contributed by atoms with Crippen molar-refractivity contribution in [1.82, 2.24) is 4.90 Å². The van der Waals surface area contributed by atoms with Crippen LogP contribution in [-0.2, 0) is 0 Å². The van der Waals surface area contributed by atoms with Gasteiger partial charge >= 0.3 is 0 Å². The standard InChI is InChI=1S/C9H17F2NO/c1-7(2)8-5-12(3-4-13)6-9(8,10)11/h7-8,13H,3-6H2,1-2H3. The average molecular weight is 193 g/mol. The van der Waals surface area contributed by atoms with Crippen molar-refractivity contribution in [1.29, 1.82) is 0 Å². The predicted octanol–water partition coefficient (Wildman–Crippen LogP) is 1.20. The summed E-state index contributed by atoms with van der Waals surface area (Å²) in [6.07, 6.45) is 0. The Balaban J connectivity index is 2.57. The molecule has 0 aromatic heterocycles. The van der Waals surface area contributed by atoms with Gasteiger partial charge in [0, 0.05) is 19.0 Å². The highest BCUT2D eigenvalue weighted by Gasteiger charge is 2.48. The van der Waals surface area contributed by atoms with E-state index >= 15 is 0 Å². The second kappa shape index (κ2) is 3.88. The molecule has 1 heterocycles. The molecular formula is C9H17F2NO. The number of likely N-dealkylation sites (tertiary alicyclic amines) is 1. The van der Waals surface area contributed by atoms with E-state index in [1.54, 1.807) is 4.90 Å². The molecule has 1 fully saturated rings. The van der Waals surface area contributed by atoms with Gasteiger partial charge in [0.15, 0.2) is 0 Å². The summed E-state index contributed by atoms with van der Waals surface area (Å²) in [4.78, 5) is 1.63. The third-order valence-corrected chi connectivity index (χ3v) is 2.65. The molecule has 0 aromatic rings. The summed E-state index contributed by atoms with van der Waals surface area (Å²) in [6, 6.07) is 0. The number of rotatable bonds is 3. The van der Waals surface area contributed by atoms with Gasteiger partial charge in [0.05, 0.1) is 13.2 Å². The molecule has 0 aliphatic carbocycles. The molecule has 78 valence electrons. The molecule has 1 atom stereocenters. The van der Waals surface area contributed by atoms with E-state index < -0.39 is 11.8 Å². The van der Waals surface area contributed by atoms with Crippen LogP contribution in [-0.4, -0.2) is 42.2 Å². The highest BCUT2D eigenvalue weighted by Crippen LogP contribution is 2.37. The Labute approximate surface area is 77.5 Å². The van der Waals surface area contributed by atoms with E-state index in [1.807, 2.05) is 13.8 Å². The quantitative estimate of drug-likeness (QED) is 0.728. The van der Waals surface area contributed by atoms with Gasteiger partial charge in [-0.05, 0) is 5.92 Å². The number of nitrogens with zero attached hydrogens (tertiary/aromatic N) is 1. The Hall–Kier alpha value is -0.220. The van der Waals surface area contributed by atoms with E-state index in [0.717, 1.165) is 0 Å². The minimum atomic E-state index is -2.58. The number of alkyl halides is 2. The monoisotopic (exact) mass is 193 g/mol. The molecule has 2 nitrogen and oxygen atoms in total. The van der Waals surface area contributed by atoms with Crippen LogP contribution < -0.4 is 0 Å². The van der Waals surface area contributed by atoms with Crippen LogP contribution in [0.4, 0.5) is 8.78 Å². The zero-order valence-electron chi connectivity index (χ0n) is 8.13. The first-order valence-electron chi connectivity index (χ1n) is 4.68. The topological polar surface area (TPSA) is 23.5 Å². The maximum Gasteiger partial charge on any atom is 0.264 e. The van der Waals surface area contributed by atoms with Gasteiger partial charge in [0.2, 0.25) is 0 Å². The van der Waals surface area contributed by atoms with Crippen LogP contribution in [0.1, 0.15) is 13.8 Å². The Morgan fingerprint density at radius 2 is 2.15 bits per heavy atom. The first-order chi connectivity index (χ1) is 5.97. The highest BCUT2D eigenvalue weighted by atomic mass is 19.3. The predicted molar refractivity (Wildman–Crippen MR) is 46.8 cm³/mol. The normalized spacial score (nSPS) is 28.6. The van der Waals surface area contributed by atoms with Crippen LogP contribution in [0, 0.1) is 11.8 Å². The van der Waals surface area contributed by atoms with Crippen LogP contribution in [0.15, 0.2) is 0 Å². The lowest BCUT2D eigenvalue weighted by Crippen LogP contribution is -2.30. The van der Waals surface area contributed by atoms with E-state index in [1.165, 1.54) is 0 Å². The average Bonchev–Trinajstić information content (AvgIpc) is 2.26. The molecule has 0 amide bonds. The molecule has 1 unspecified atom stereocenters. The van der Waals surface area contributed by atoms with E-state index in [9.17, 15) is 8.78 Å². The number of aliphatic hydroxyl groups is 1. The van der Waals surface area contributed by atoms with Gasteiger partial charge in [0.25, 0.3) is 5.92 Å². The third-order valence-electron chi connectivity index (χ3n) is 2.65. The van der Waals surface area contributed by atoms with Gasteiger partial charge in [0.1, 0.15) is 0 Å². The van der Waals surface area contributed by atoms with Gasteiger partial charge < -0.3 is 5.11 Å². The van der Waals surface area contributed by atoms with Gasteiger partial charge in [-0.1, -0.05) is 13.8 Å². The van der Waals surface area contributed by atoms with E-state index in [-0.39, 0.29) is 19.1 Å². The van der Waals surface area contributed by atoms with Crippen molar-refractivity contribution in [3.05, 3.63) is 0 Å². The van der Waals surface area contributed by atoms with Crippen molar-refractivity contribution in [2.75, 3.05) is 26.2 Å². The summed E-state index contributed by atoms with van der Waals surface area (Å²) in [5, 5.41) is 8.64. The molecule has 0 radical (unpaired) electrons. The molecule has 4 heteroatoms. The Morgan fingerprint density at radius 3 is 2.54 bits per heavy atom. The molecule has 13 heavy (non-hydrogen) atoms. The zero-order valence-corrected chi connectivity index (χ0v) is 8.13. The fourth-order valence-electron chi connectivity index (χ4n) is 1.90. The van der Waals surface area contributed by atoms with Crippen molar-refractivity contribution >= 4 is 0 Å². The smallest absolute Gasteiger partial charge is 0.264 e. The van der Waals surface area contributed by atoms with Crippen LogP contribution in [0.3, 0.4) is 0 Å². The first-order valence-corrected chi connectivity index (χ1v) is 4.68. The fraction of sp³-hybridized carbons (Fsp3) is 1.00. The van der Waals surface area contributed by atoms with Crippen molar-refractivity contribution < 1.29 is 13.9 Å². The minimum absolute atomic E-state index is 0.00121. The summed E-state index contributed by atoms with van der Waals surface area (Å²) >= 11 is 0. The third kappa shape index (κ3) is 2.38. The van der Waals surface area contributed by atoms with Gasteiger partial charge in [-0.25, -0.2) is 8.78 Å². The molecular weight excluding hydrogens is 176 g/mol. The SMILES string of the molecule is CC(C)C1CN(CCO)CC1(F)F. The minimum Gasteiger partial charge on any atom is -0.395 e. The largest absolute Gasteiger partial charge is 0.395 e. The van der Waals surface area contributed by atoms with Gasteiger partial charge in [-0.3, -0.25) is 4.90 Å². The summed E-state index contributed by atoms with van der Waals surface area (Å²) in [7, 11) is 0. The Kier molecular flexibility index (Phi) is 3.24. The van der Waals surface area contributed by atoms with E-state index in [4.69, 9.17) is 5.11 Å². The first kappa shape index (κ1) is 10.9. The lowest BCUT2D eigenvalue weighted by atomic mass is 9.92. The summed E-state index contributed by atoms with van der Waals surface area (Å²) < 4.78 is 26.6. The molecule has 0 aromatic carbocycles. The number of hydrogen-bond donors (Lipinski definition) is 1. The summed E-state index contributed by atoms with van der Waals surface area (Å²) in [5.74, 6) is -3.14. The van der Waals surface area contributed by atoms with Gasteiger partial charge in [-0.2, -0.15) is 0 Å². The fourth-order valence-corrected chi connectivity index (χ4v) is 1.90. The van der Waals surface area contributed by atoms with Crippen molar-refractivity contribution in [2.24, 2.45) is 11.8 Å². The van der Waals surface area contributed by atoms with E-state index in [2.05, 4.69) is 0 Å². The van der Waals surface area contributed by atoms with Crippen LogP contribution in [0.5, 0.6) is 0 Å².